The molecule has 0 heterocycles. The second kappa shape index (κ2) is 7.44. The van der Waals surface area contributed by atoms with Crippen molar-refractivity contribution in [3.05, 3.63) is 29.6 Å². The summed E-state index contributed by atoms with van der Waals surface area (Å²) in [5, 5.41) is 3.11. The fourth-order valence-electron chi connectivity index (χ4n) is 1.45. The topological polar surface area (TPSA) is 30.5 Å². The van der Waals surface area contributed by atoms with Crippen molar-refractivity contribution >= 4 is 0 Å². The SMILES string of the molecule is CC(C)NCc1cc(F)cc(OCCOC(F)(F)F)c1. The van der Waals surface area contributed by atoms with Crippen LogP contribution in [0.2, 0.25) is 0 Å². The van der Waals surface area contributed by atoms with E-state index in [2.05, 4.69) is 10.1 Å². The van der Waals surface area contributed by atoms with Crippen molar-refractivity contribution in [1.82, 2.24) is 5.32 Å². The molecule has 1 aromatic rings. The quantitative estimate of drug-likeness (QED) is 0.619. The van der Waals surface area contributed by atoms with E-state index in [4.69, 9.17) is 4.74 Å². The molecule has 1 aromatic carbocycles. The van der Waals surface area contributed by atoms with Crippen molar-refractivity contribution in [2.75, 3.05) is 13.2 Å². The predicted molar refractivity (Wildman–Crippen MR) is 65.9 cm³/mol. The first-order valence-corrected chi connectivity index (χ1v) is 6.12. The summed E-state index contributed by atoms with van der Waals surface area (Å²) in [4.78, 5) is 0. The van der Waals surface area contributed by atoms with Gasteiger partial charge in [-0.2, -0.15) is 0 Å². The second-order valence-electron chi connectivity index (χ2n) is 4.47. The molecule has 7 heteroatoms. The van der Waals surface area contributed by atoms with Crippen LogP contribution < -0.4 is 10.1 Å². The molecule has 0 saturated carbocycles. The fourth-order valence-corrected chi connectivity index (χ4v) is 1.45. The maximum absolute atomic E-state index is 13.3. The second-order valence-corrected chi connectivity index (χ2v) is 4.47. The van der Waals surface area contributed by atoms with Gasteiger partial charge < -0.3 is 10.1 Å². The number of hydrogen-bond donors (Lipinski definition) is 1. The molecule has 0 fully saturated rings. The third-order valence-corrected chi connectivity index (χ3v) is 2.26. The van der Waals surface area contributed by atoms with Crippen LogP contribution in [0.5, 0.6) is 5.75 Å². The summed E-state index contributed by atoms with van der Waals surface area (Å²) in [6.07, 6.45) is -4.68. The van der Waals surface area contributed by atoms with Gasteiger partial charge in [0.15, 0.2) is 0 Å². The number of alkyl halides is 3. The largest absolute Gasteiger partial charge is 0.522 e. The van der Waals surface area contributed by atoms with Crippen LogP contribution in [-0.4, -0.2) is 25.6 Å². The smallest absolute Gasteiger partial charge is 0.491 e. The van der Waals surface area contributed by atoms with Gasteiger partial charge in [-0.15, -0.1) is 13.2 Å². The van der Waals surface area contributed by atoms with Gasteiger partial charge >= 0.3 is 6.36 Å². The Balaban J connectivity index is 2.49. The summed E-state index contributed by atoms with van der Waals surface area (Å²) in [5.74, 6) is -0.323. The van der Waals surface area contributed by atoms with Gasteiger partial charge in [0.2, 0.25) is 0 Å². The first-order chi connectivity index (χ1) is 9.26. The Kier molecular flexibility index (Phi) is 6.22. The van der Waals surface area contributed by atoms with Gasteiger partial charge in [-0.1, -0.05) is 13.8 Å². The molecular weight excluding hydrogens is 278 g/mol. The third kappa shape index (κ3) is 7.30. The number of hydrogen-bond acceptors (Lipinski definition) is 3. The van der Waals surface area contributed by atoms with Crippen LogP contribution in [-0.2, 0) is 11.3 Å². The zero-order valence-electron chi connectivity index (χ0n) is 11.3. The van der Waals surface area contributed by atoms with Crippen LogP contribution in [0.3, 0.4) is 0 Å². The highest BCUT2D eigenvalue weighted by atomic mass is 19.4. The van der Waals surface area contributed by atoms with Gasteiger partial charge in [0, 0.05) is 18.7 Å². The van der Waals surface area contributed by atoms with Gasteiger partial charge in [0.05, 0.1) is 6.61 Å². The van der Waals surface area contributed by atoms with Gasteiger partial charge in [0.25, 0.3) is 0 Å². The van der Waals surface area contributed by atoms with Gasteiger partial charge in [-0.3, -0.25) is 4.74 Å². The molecule has 0 bridgehead atoms. The Hall–Kier alpha value is -1.34. The van der Waals surface area contributed by atoms with Crippen molar-refractivity contribution in [3.63, 3.8) is 0 Å². The van der Waals surface area contributed by atoms with E-state index >= 15 is 0 Å². The molecule has 114 valence electrons. The molecule has 1 N–H and O–H groups in total. The van der Waals surface area contributed by atoms with Gasteiger partial charge in [-0.05, 0) is 17.7 Å². The van der Waals surface area contributed by atoms with E-state index in [-0.39, 0.29) is 18.4 Å². The van der Waals surface area contributed by atoms with Crippen LogP contribution >= 0.6 is 0 Å². The number of rotatable bonds is 7. The van der Waals surface area contributed by atoms with Crippen LogP contribution in [0.1, 0.15) is 19.4 Å². The molecular formula is C13H17F4NO2. The lowest BCUT2D eigenvalue weighted by molar-refractivity contribution is -0.325. The van der Waals surface area contributed by atoms with Crippen molar-refractivity contribution in [2.24, 2.45) is 0 Å². The first kappa shape index (κ1) is 16.7. The lowest BCUT2D eigenvalue weighted by atomic mass is 10.2. The Labute approximate surface area is 114 Å². The summed E-state index contributed by atoms with van der Waals surface area (Å²) >= 11 is 0. The minimum atomic E-state index is -4.68. The van der Waals surface area contributed by atoms with E-state index in [1.54, 1.807) is 6.07 Å². The summed E-state index contributed by atoms with van der Waals surface area (Å²) in [6, 6.07) is 4.27. The van der Waals surface area contributed by atoms with Crippen molar-refractivity contribution in [2.45, 2.75) is 32.8 Å². The minimum Gasteiger partial charge on any atom is -0.491 e. The Bertz CT molecular complexity index is 421. The average molecular weight is 295 g/mol. The van der Waals surface area contributed by atoms with E-state index in [9.17, 15) is 17.6 Å². The molecule has 3 nitrogen and oxygen atoms in total. The fraction of sp³-hybridized carbons (Fsp3) is 0.538. The molecule has 0 aliphatic carbocycles. The van der Waals surface area contributed by atoms with Crippen molar-refractivity contribution < 1.29 is 27.0 Å². The molecule has 0 aliphatic heterocycles. The summed E-state index contributed by atoms with van der Waals surface area (Å²) in [6.45, 7) is 3.40. The minimum absolute atomic E-state index is 0.177. The third-order valence-electron chi connectivity index (χ3n) is 2.26. The van der Waals surface area contributed by atoms with E-state index in [1.165, 1.54) is 6.07 Å². The summed E-state index contributed by atoms with van der Waals surface area (Å²) in [5.41, 5.74) is 0.658. The van der Waals surface area contributed by atoms with Crippen molar-refractivity contribution in [3.8, 4) is 5.75 Å². The normalized spacial score (nSPS) is 11.9. The Morgan fingerprint density at radius 2 is 1.85 bits per heavy atom. The van der Waals surface area contributed by atoms with E-state index < -0.39 is 18.8 Å². The van der Waals surface area contributed by atoms with E-state index in [0.717, 1.165) is 6.07 Å². The standard InChI is InChI=1S/C13H17F4NO2/c1-9(2)18-8-10-5-11(14)7-12(6-10)19-3-4-20-13(15,16)17/h5-7,9,18H,3-4,8H2,1-2H3. The average Bonchev–Trinajstić information content (AvgIpc) is 2.30. The maximum Gasteiger partial charge on any atom is 0.522 e. The maximum atomic E-state index is 13.3. The number of nitrogens with one attached hydrogen (secondary N) is 1. The first-order valence-electron chi connectivity index (χ1n) is 6.12. The molecule has 0 aromatic heterocycles. The lowest BCUT2D eigenvalue weighted by Crippen LogP contribution is -2.22. The summed E-state index contributed by atoms with van der Waals surface area (Å²) in [7, 11) is 0. The van der Waals surface area contributed by atoms with Gasteiger partial charge in [-0.25, -0.2) is 4.39 Å². The molecule has 0 atom stereocenters. The number of halogens is 4. The van der Waals surface area contributed by atoms with Crippen LogP contribution in [0.15, 0.2) is 18.2 Å². The Morgan fingerprint density at radius 3 is 2.45 bits per heavy atom. The van der Waals surface area contributed by atoms with Crippen LogP contribution in [0.25, 0.3) is 0 Å². The van der Waals surface area contributed by atoms with Crippen LogP contribution in [0.4, 0.5) is 17.6 Å². The zero-order valence-corrected chi connectivity index (χ0v) is 11.3. The zero-order chi connectivity index (χ0) is 15.2. The number of benzene rings is 1. The molecule has 20 heavy (non-hydrogen) atoms. The van der Waals surface area contributed by atoms with Crippen molar-refractivity contribution in [1.29, 1.82) is 0 Å². The van der Waals surface area contributed by atoms with E-state index in [0.29, 0.717) is 12.1 Å². The highest BCUT2D eigenvalue weighted by Gasteiger charge is 2.28. The van der Waals surface area contributed by atoms with E-state index in [1.807, 2.05) is 13.8 Å². The highest BCUT2D eigenvalue weighted by Crippen LogP contribution is 2.18. The molecule has 0 saturated heterocycles. The van der Waals surface area contributed by atoms with Gasteiger partial charge in [0.1, 0.15) is 18.2 Å². The number of ether oxygens (including phenoxy) is 2. The molecule has 0 spiro atoms. The molecule has 0 amide bonds. The predicted octanol–water partition coefficient (Wildman–Crippen LogP) is 3.24. The molecule has 0 unspecified atom stereocenters. The molecule has 1 rings (SSSR count). The summed E-state index contributed by atoms with van der Waals surface area (Å²) < 4.78 is 57.1. The molecule has 0 radical (unpaired) electrons. The Morgan fingerprint density at radius 1 is 1.15 bits per heavy atom. The lowest BCUT2D eigenvalue weighted by Gasteiger charge is -2.12. The molecule has 0 aliphatic rings. The highest BCUT2D eigenvalue weighted by molar-refractivity contribution is 5.29. The van der Waals surface area contributed by atoms with Crippen LogP contribution in [0, 0.1) is 5.82 Å². The monoisotopic (exact) mass is 295 g/mol.